The third-order valence-electron chi connectivity index (χ3n) is 2.94. The van der Waals surface area contributed by atoms with E-state index in [1.54, 1.807) is 0 Å². The molecule has 0 aromatic heterocycles. The number of aliphatic hydroxyl groups excluding tert-OH is 1. The van der Waals surface area contributed by atoms with Gasteiger partial charge in [0.05, 0.1) is 0 Å². The molecule has 0 aromatic rings. The first-order chi connectivity index (χ1) is 4.85. The van der Waals surface area contributed by atoms with Crippen molar-refractivity contribution in [2.24, 2.45) is 11.3 Å². The lowest BCUT2D eigenvalue weighted by Gasteiger charge is -2.49. The first-order valence-corrected chi connectivity index (χ1v) is 4.13. The highest BCUT2D eigenvalue weighted by molar-refractivity contribution is 5.13. The number of fused-ring (bicyclic) bond motifs is 1. The topological polar surface area (TPSA) is 20.2 Å². The number of hydrogen-bond acceptors (Lipinski definition) is 1. The van der Waals surface area contributed by atoms with Crippen LogP contribution in [-0.4, -0.2) is 11.7 Å². The van der Waals surface area contributed by atoms with E-state index in [1.807, 2.05) is 0 Å². The lowest BCUT2D eigenvalue weighted by atomic mass is 9.56. The summed E-state index contributed by atoms with van der Waals surface area (Å²) in [4.78, 5) is 0. The summed E-state index contributed by atoms with van der Waals surface area (Å²) in [7, 11) is 0. The lowest BCUT2D eigenvalue weighted by Crippen LogP contribution is -2.38. The number of aliphatic hydroxyl groups is 1. The number of rotatable bonds is 2. The van der Waals surface area contributed by atoms with Gasteiger partial charge >= 0.3 is 0 Å². The van der Waals surface area contributed by atoms with Gasteiger partial charge in [0.2, 0.25) is 0 Å². The summed E-state index contributed by atoms with van der Waals surface area (Å²) in [5.41, 5.74) is 0.442. The smallest absolute Gasteiger partial charge is 0.0439 e. The van der Waals surface area contributed by atoms with E-state index < -0.39 is 0 Å². The Morgan fingerprint density at radius 1 is 1.50 bits per heavy atom. The van der Waals surface area contributed by atoms with Crippen LogP contribution in [0.1, 0.15) is 25.7 Å². The van der Waals surface area contributed by atoms with Gasteiger partial charge in [0.1, 0.15) is 0 Å². The van der Waals surface area contributed by atoms with Crippen LogP contribution in [0.15, 0.2) is 12.2 Å². The van der Waals surface area contributed by atoms with Gasteiger partial charge in [-0.3, -0.25) is 0 Å². The molecule has 1 N–H and O–H groups in total. The molecule has 0 aromatic carbocycles. The van der Waals surface area contributed by atoms with Crippen molar-refractivity contribution in [3.8, 4) is 0 Å². The molecule has 1 saturated carbocycles. The molecule has 3 aliphatic carbocycles. The Bertz CT molecular complexity index is 154. The summed E-state index contributed by atoms with van der Waals surface area (Å²) >= 11 is 0. The lowest BCUT2D eigenvalue weighted by molar-refractivity contribution is 0.0637. The van der Waals surface area contributed by atoms with Crippen LogP contribution in [0.3, 0.4) is 0 Å². The van der Waals surface area contributed by atoms with Crippen LogP contribution in [0.25, 0.3) is 0 Å². The third-order valence-corrected chi connectivity index (χ3v) is 2.94. The zero-order chi connectivity index (χ0) is 7.03. The van der Waals surface area contributed by atoms with E-state index in [-0.39, 0.29) is 0 Å². The molecule has 56 valence electrons. The second-order valence-electron chi connectivity index (χ2n) is 3.75. The Morgan fingerprint density at radius 3 is 2.80 bits per heavy atom. The molecule has 2 bridgehead atoms. The van der Waals surface area contributed by atoms with Crippen molar-refractivity contribution in [3.05, 3.63) is 12.2 Å². The van der Waals surface area contributed by atoms with Crippen LogP contribution >= 0.6 is 0 Å². The van der Waals surface area contributed by atoms with Crippen LogP contribution in [0.5, 0.6) is 0 Å². The molecule has 0 spiro atoms. The Balaban J connectivity index is 2.04. The van der Waals surface area contributed by atoms with Gasteiger partial charge in [-0.15, -0.1) is 0 Å². The van der Waals surface area contributed by atoms with Gasteiger partial charge < -0.3 is 5.11 Å². The maximum Gasteiger partial charge on any atom is 0.0439 e. The molecule has 0 amide bonds. The van der Waals surface area contributed by atoms with E-state index >= 15 is 0 Å². The van der Waals surface area contributed by atoms with E-state index in [9.17, 15) is 0 Å². The molecule has 0 atom stereocenters. The van der Waals surface area contributed by atoms with Gasteiger partial charge in [-0.2, -0.15) is 0 Å². The summed E-state index contributed by atoms with van der Waals surface area (Å²) in [5, 5.41) is 8.77. The van der Waals surface area contributed by atoms with Crippen LogP contribution in [-0.2, 0) is 0 Å². The van der Waals surface area contributed by atoms with E-state index in [0.29, 0.717) is 12.0 Å². The summed E-state index contributed by atoms with van der Waals surface area (Å²) < 4.78 is 0. The van der Waals surface area contributed by atoms with Crippen LogP contribution in [0, 0.1) is 11.3 Å². The van der Waals surface area contributed by atoms with Gasteiger partial charge in [0.25, 0.3) is 0 Å². The fourth-order valence-corrected chi connectivity index (χ4v) is 2.41. The Hall–Kier alpha value is -0.300. The quantitative estimate of drug-likeness (QED) is 0.576. The average molecular weight is 138 g/mol. The molecular weight excluding hydrogens is 124 g/mol. The minimum absolute atomic E-state index is 0.358. The van der Waals surface area contributed by atoms with Crippen LogP contribution in [0.4, 0.5) is 0 Å². The van der Waals surface area contributed by atoms with Crippen molar-refractivity contribution in [2.75, 3.05) is 6.61 Å². The van der Waals surface area contributed by atoms with Gasteiger partial charge in [0.15, 0.2) is 0 Å². The minimum atomic E-state index is 0.358. The summed E-state index contributed by atoms with van der Waals surface area (Å²) in [5.74, 6) is 0.955. The standard InChI is InChI=1S/C9H14O/c10-5-4-9-3-1-2-8(6-9)7-9/h1,3,8,10H,2,4-7H2. The van der Waals surface area contributed by atoms with Crippen molar-refractivity contribution < 1.29 is 5.11 Å². The second-order valence-corrected chi connectivity index (χ2v) is 3.75. The SMILES string of the molecule is OCCC12C=CCC(C1)C2. The largest absolute Gasteiger partial charge is 0.396 e. The van der Waals surface area contributed by atoms with Gasteiger partial charge in [-0.1, -0.05) is 12.2 Å². The molecule has 0 saturated heterocycles. The van der Waals surface area contributed by atoms with E-state index in [2.05, 4.69) is 12.2 Å². The highest BCUT2D eigenvalue weighted by Gasteiger charge is 2.43. The Morgan fingerprint density at radius 2 is 2.30 bits per heavy atom. The molecule has 0 radical (unpaired) electrons. The molecule has 1 fully saturated rings. The van der Waals surface area contributed by atoms with Crippen LogP contribution in [0.2, 0.25) is 0 Å². The van der Waals surface area contributed by atoms with Crippen molar-refractivity contribution >= 4 is 0 Å². The number of allylic oxidation sites excluding steroid dienone is 2. The highest BCUT2D eigenvalue weighted by atomic mass is 16.3. The molecular formula is C9H14O. The Labute approximate surface area is 61.8 Å². The predicted molar refractivity (Wildman–Crippen MR) is 40.6 cm³/mol. The zero-order valence-electron chi connectivity index (χ0n) is 6.21. The zero-order valence-corrected chi connectivity index (χ0v) is 6.21. The highest BCUT2D eigenvalue weighted by Crippen LogP contribution is 2.53. The van der Waals surface area contributed by atoms with Crippen molar-refractivity contribution in [1.29, 1.82) is 0 Å². The molecule has 0 aliphatic heterocycles. The predicted octanol–water partition coefficient (Wildman–Crippen LogP) is 1.73. The van der Waals surface area contributed by atoms with E-state index in [0.717, 1.165) is 12.3 Å². The molecule has 1 heteroatoms. The van der Waals surface area contributed by atoms with Crippen molar-refractivity contribution in [2.45, 2.75) is 25.7 Å². The second kappa shape index (κ2) is 2.09. The first kappa shape index (κ1) is 6.41. The van der Waals surface area contributed by atoms with Gasteiger partial charge in [-0.05, 0) is 37.0 Å². The van der Waals surface area contributed by atoms with E-state index in [1.165, 1.54) is 19.3 Å². The minimum Gasteiger partial charge on any atom is -0.396 e. The maximum absolute atomic E-state index is 8.77. The first-order valence-electron chi connectivity index (χ1n) is 4.13. The molecule has 0 unspecified atom stereocenters. The third kappa shape index (κ3) is 0.807. The van der Waals surface area contributed by atoms with Crippen molar-refractivity contribution in [1.82, 2.24) is 0 Å². The Kier molecular flexibility index (Phi) is 1.34. The summed E-state index contributed by atoms with van der Waals surface area (Å²) in [6.07, 6.45) is 9.55. The molecule has 0 heterocycles. The van der Waals surface area contributed by atoms with Gasteiger partial charge in [0, 0.05) is 6.61 Å². The molecule has 10 heavy (non-hydrogen) atoms. The average Bonchev–Trinajstić information content (AvgIpc) is 1.87. The normalized spacial score (nSPS) is 43.1. The molecule has 3 rings (SSSR count). The maximum atomic E-state index is 8.77. The van der Waals surface area contributed by atoms with Gasteiger partial charge in [-0.25, -0.2) is 0 Å². The fourth-order valence-electron chi connectivity index (χ4n) is 2.41. The monoisotopic (exact) mass is 138 g/mol. The summed E-state index contributed by atoms with van der Waals surface area (Å²) in [6.45, 7) is 0.358. The summed E-state index contributed by atoms with van der Waals surface area (Å²) in [6, 6.07) is 0. The number of hydrogen-bond donors (Lipinski definition) is 1. The van der Waals surface area contributed by atoms with Crippen LogP contribution < -0.4 is 0 Å². The van der Waals surface area contributed by atoms with Crippen molar-refractivity contribution in [3.63, 3.8) is 0 Å². The molecule has 3 aliphatic rings. The molecule has 1 nitrogen and oxygen atoms in total. The van der Waals surface area contributed by atoms with E-state index in [4.69, 9.17) is 5.11 Å². The fraction of sp³-hybridized carbons (Fsp3) is 0.778.